The van der Waals surface area contributed by atoms with Crippen LogP contribution >= 0.6 is 0 Å². The number of carbonyl (C=O) groups excluding carboxylic acids is 1. The number of ether oxygens (including phenoxy) is 2. The summed E-state index contributed by atoms with van der Waals surface area (Å²) < 4.78 is 24.5. The molecule has 2 atom stereocenters. The van der Waals surface area contributed by atoms with E-state index in [1.165, 1.54) is 12.1 Å². The van der Waals surface area contributed by atoms with E-state index in [2.05, 4.69) is 10.2 Å². The molecule has 0 aromatic heterocycles. The highest BCUT2D eigenvalue weighted by molar-refractivity contribution is 5.75. The van der Waals surface area contributed by atoms with Gasteiger partial charge < -0.3 is 24.6 Å². The van der Waals surface area contributed by atoms with Gasteiger partial charge in [0, 0.05) is 31.9 Å². The van der Waals surface area contributed by atoms with Crippen LogP contribution in [0.4, 0.5) is 14.9 Å². The van der Waals surface area contributed by atoms with Gasteiger partial charge in [-0.1, -0.05) is 6.07 Å². The molecule has 6 nitrogen and oxygen atoms in total. The Hall–Kier alpha value is -2.96. The van der Waals surface area contributed by atoms with Gasteiger partial charge in [-0.05, 0) is 67.1 Å². The molecule has 0 radical (unpaired) electrons. The van der Waals surface area contributed by atoms with Gasteiger partial charge in [0.1, 0.15) is 19.0 Å². The van der Waals surface area contributed by atoms with Crippen molar-refractivity contribution in [3.63, 3.8) is 0 Å². The summed E-state index contributed by atoms with van der Waals surface area (Å²) in [7, 11) is 0. The van der Waals surface area contributed by atoms with Gasteiger partial charge in [-0.15, -0.1) is 0 Å². The predicted octanol–water partition coefficient (Wildman–Crippen LogP) is 3.97. The van der Waals surface area contributed by atoms with E-state index in [-0.39, 0.29) is 17.9 Å². The fraction of sp³-hybridized carbons (Fsp3) is 0.458. The van der Waals surface area contributed by atoms with Gasteiger partial charge in [-0.25, -0.2) is 9.18 Å². The van der Waals surface area contributed by atoms with Gasteiger partial charge in [0.25, 0.3) is 0 Å². The van der Waals surface area contributed by atoms with Gasteiger partial charge in [-0.2, -0.15) is 0 Å². The number of amides is 2. The molecule has 0 spiro atoms. The maximum atomic E-state index is 13.2. The van der Waals surface area contributed by atoms with E-state index in [4.69, 9.17) is 9.47 Å². The zero-order chi connectivity index (χ0) is 21.2. The average molecular weight is 426 g/mol. The molecule has 2 unspecified atom stereocenters. The Morgan fingerprint density at radius 2 is 1.84 bits per heavy atom. The Labute approximate surface area is 181 Å². The van der Waals surface area contributed by atoms with Gasteiger partial charge in [0.05, 0.1) is 6.04 Å². The molecule has 164 valence electrons. The molecule has 1 N–H and O–H groups in total. The average Bonchev–Trinajstić information content (AvgIpc) is 3.48. The molecule has 0 saturated carbocycles. The van der Waals surface area contributed by atoms with Crippen LogP contribution in [0.5, 0.6) is 11.5 Å². The molecule has 7 heteroatoms. The predicted molar refractivity (Wildman–Crippen MR) is 116 cm³/mol. The van der Waals surface area contributed by atoms with Crippen molar-refractivity contribution in [2.45, 2.75) is 25.3 Å². The third kappa shape index (κ3) is 4.27. The highest BCUT2D eigenvalue weighted by Crippen LogP contribution is 2.38. The highest BCUT2D eigenvalue weighted by Gasteiger charge is 2.32. The molecule has 3 heterocycles. The summed E-state index contributed by atoms with van der Waals surface area (Å²) in [5, 5.41) is 3.15. The summed E-state index contributed by atoms with van der Waals surface area (Å²) in [6.45, 7) is 4.34. The topological polar surface area (TPSA) is 54.0 Å². The van der Waals surface area contributed by atoms with E-state index in [1.54, 1.807) is 0 Å². The van der Waals surface area contributed by atoms with E-state index in [1.807, 2.05) is 35.2 Å². The second-order valence-electron chi connectivity index (χ2n) is 8.52. The molecular formula is C24H28FN3O3. The summed E-state index contributed by atoms with van der Waals surface area (Å²) in [6.07, 6.45) is 2.96. The molecule has 3 aliphatic rings. The summed E-state index contributed by atoms with van der Waals surface area (Å²) in [5.41, 5.74) is 2.13. The molecule has 2 aromatic rings. The monoisotopic (exact) mass is 425 g/mol. The lowest BCUT2D eigenvalue weighted by atomic mass is 10.0. The van der Waals surface area contributed by atoms with Crippen LogP contribution in [0.1, 0.15) is 30.9 Å². The Bertz CT molecular complexity index is 936. The van der Waals surface area contributed by atoms with Crippen molar-refractivity contribution in [3.8, 4) is 11.5 Å². The molecule has 3 aliphatic heterocycles. The zero-order valence-corrected chi connectivity index (χ0v) is 17.6. The normalized spacial score (nSPS) is 22.6. The molecule has 2 aromatic carbocycles. The number of nitrogens with zero attached hydrogens (tertiary/aromatic N) is 2. The van der Waals surface area contributed by atoms with E-state index in [0.29, 0.717) is 25.7 Å². The standard InChI is InChI=1S/C24H28FN3O3/c25-19-4-6-20(7-5-19)27-11-9-17(16-27)15-26-24(29)28-10-1-2-21(28)18-3-8-22-23(14-18)31-13-12-30-22/h3-8,14,17,21H,1-2,9-13,15-16H2,(H,26,29). The van der Waals surface area contributed by atoms with Crippen molar-refractivity contribution in [3.05, 3.63) is 53.8 Å². The lowest BCUT2D eigenvalue weighted by Gasteiger charge is -2.27. The molecular weight excluding hydrogens is 397 g/mol. The van der Waals surface area contributed by atoms with Crippen LogP contribution in [-0.2, 0) is 0 Å². The third-order valence-electron chi connectivity index (χ3n) is 6.48. The number of hydrogen-bond acceptors (Lipinski definition) is 4. The van der Waals surface area contributed by atoms with Crippen molar-refractivity contribution in [1.82, 2.24) is 10.2 Å². The first kappa shape index (κ1) is 20.0. The van der Waals surface area contributed by atoms with Crippen LogP contribution in [-0.4, -0.2) is 50.3 Å². The van der Waals surface area contributed by atoms with Crippen LogP contribution in [0.2, 0.25) is 0 Å². The second-order valence-corrected chi connectivity index (χ2v) is 8.52. The first-order valence-electron chi connectivity index (χ1n) is 11.1. The zero-order valence-electron chi connectivity index (χ0n) is 17.6. The minimum Gasteiger partial charge on any atom is -0.486 e. The molecule has 0 aliphatic carbocycles. The van der Waals surface area contributed by atoms with Crippen LogP contribution in [0.3, 0.4) is 0 Å². The van der Waals surface area contributed by atoms with Crippen molar-refractivity contribution < 1.29 is 18.7 Å². The number of hydrogen-bond donors (Lipinski definition) is 1. The summed E-state index contributed by atoms with van der Waals surface area (Å²) in [4.78, 5) is 17.2. The van der Waals surface area contributed by atoms with E-state index in [9.17, 15) is 9.18 Å². The first-order chi connectivity index (χ1) is 15.2. The van der Waals surface area contributed by atoms with Crippen LogP contribution in [0.15, 0.2) is 42.5 Å². The Morgan fingerprint density at radius 3 is 2.68 bits per heavy atom. The molecule has 5 rings (SSSR count). The number of nitrogens with one attached hydrogen (secondary N) is 1. The number of urea groups is 1. The fourth-order valence-electron chi connectivity index (χ4n) is 4.84. The fourth-order valence-corrected chi connectivity index (χ4v) is 4.84. The minimum atomic E-state index is -0.218. The number of likely N-dealkylation sites (tertiary alicyclic amines) is 1. The molecule has 0 bridgehead atoms. The third-order valence-corrected chi connectivity index (χ3v) is 6.48. The van der Waals surface area contributed by atoms with E-state index in [0.717, 1.165) is 61.6 Å². The van der Waals surface area contributed by atoms with Crippen LogP contribution in [0, 0.1) is 11.7 Å². The molecule has 2 saturated heterocycles. The lowest BCUT2D eigenvalue weighted by Crippen LogP contribution is -2.41. The van der Waals surface area contributed by atoms with E-state index >= 15 is 0 Å². The summed E-state index contributed by atoms with van der Waals surface area (Å²) >= 11 is 0. The number of anilines is 1. The highest BCUT2D eigenvalue weighted by atomic mass is 19.1. The number of rotatable bonds is 4. The van der Waals surface area contributed by atoms with Gasteiger partial charge in [0.2, 0.25) is 0 Å². The number of fused-ring (bicyclic) bond motifs is 1. The van der Waals surface area contributed by atoms with Crippen molar-refractivity contribution in [2.75, 3.05) is 44.3 Å². The SMILES string of the molecule is O=C(NCC1CCN(c2ccc(F)cc2)C1)N1CCCC1c1ccc2c(c1)OCCO2. The number of carbonyl (C=O) groups is 1. The summed E-state index contributed by atoms with van der Waals surface area (Å²) in [6, 6.07) is 12.7. The van der Waals surface area contributed by atoms with E-state index < -0.39 is 0 Å². The first-order valence-corrected chi connectivity index (χ1v) is 11.1. The molecule has 31 heavy (non-hydrogen) atoms. The number of benzene rings is 2. The van der Waals surface area contributed by atoms with Crippen molar-refractivity contribution in [1.29, 1.82) is 0 Å². The second kappa shape index (κ2) is 8.65. The van der Waals surface area contributed by atoms with Crippen molar-refractivity contribution >= 4 is 11.7 Å². The number of halogens is 1. The maximum Gasteiger partial charge on any atom is 0.317 e. The summed E-state index contributed by atoms with van der Waals surface area (Å²) in [5.74, 6) is 1.72. The van der Waals surface area contributed by atoms with Gasteiger partial charge in [-0.3, -0.25) is 0 Å². The quantitative estimate of drug-likeness (QED) is 0.806. The molecule has 2 amide bonds. The van der Waals surface area contributed by atoms with Gasteiger partial charge >= 0.3 is 6.03 Å². The van der Waals surface area contributed by atoms with Crippen LogP contribution in [0.25, 0.3) is 0 Å². The Kier molecular flexibility index (Phi) is 5.57. The Morgan fingerprint density at radius 1 is 1.03 bits per heavy atom. The maximum absolute atomic E-state index is 13.2. The van der Waals surface area contributed by atoms with Crippen molar-refractivity contribution in [2.24, 2.45) is 5.92 Å². The van der Waals surface area contributed by atoms with Crippen LogP contribution < -0.4 is 19.7 Å². The molecule has 2 fully saturated rings. The largest absolute Gasteiger partial charge is 0.486 e. The minimum absolute atomic E-state index is 0.00220. The Balaban J connectivity index is 1.17. The van der Waals surface area contributed by atoms with Gasteiger partial charge in [0.15, 0.2) is 11.5 Å². The lowest BCUT2D eigenvalue weighted by molar-refractivity contribution is 0.170. The smallest absolute Gasteiger partial charge is 0.317 e.